The second-order valence-corrected chi connectivity index (χ2v) is 11.7. The molecule has 10 heteroatoms. The molecule has 0 aliphatic rings. The van der Waals surface area contributed by atoms with Crippen molar-refractivity contribution in [3.8, 4) is 16.9 Å². The van der Waals surface area contributed by atoms with Crippen molar-refractivity contribution < 1.29 is 17.9 Å². The molecule has 194 valence electrons. The summed E-state index contributed by atoms with van der Waals surface area (Å²) in [5.74, 6) is 0.981. The number of aromatic nitrogens is 3. The molecule has 0 spiro atoms. The summed E-state index contributed by atoms with van der Waals surface area (Å²) >= 11 is 6.46. The summed E-state index contributed by atoms with van der Waals surface area (Å²) < 4.78 is 42.3. The number of nitrogens with zero attached hydrogens (tertiary/aromatic N) is 3. The monoisotopic (exact) mass is 551 g/mol. The third-order valence-corrected chi connectivity index (χ3v) is 7.16. The van der Waals surface area contributed by atoms with Gasteiger partial charge in [-0.1, -0.05) is 34.0 Å². The molecule has 0 fully saturated rings. The number of fused-ring (bicyclic) bond motifs is 1. The minimum absolute atomic E-state index is 0.192. The van der Waals surface area contributed by atoms with Gasteiger partial charge in [0.2, 0.25) is 10.2 Å². The van der Waals surface area contributed by atoms with E-state index in [9.17, 15) is 13.2 Å². The molecule has 0 radical (unpaired) electrons. The van der Waals surface area contributed by atoms with E-state index in [1.165, 1.54) is 24.7 Å². The van der Waals surface area contributed by atoms with Crippen molar-refractivity contribution in [2.45, 2.75) is 13.2 Å². The third-order valence-electron chi connectivity index (χ3n) is 5.93. The number of ether oxygens (including phenoxy) is 1. The second-order valence-electron chi connectivity index (χ2n) is 8.94. The highest BCUT2D eigenvalue weighted by molar-refractivity contribution is 7.97. The van der Waals surface area contributed by atoms with Crippen molar-refractivity contribution in [1.82, 2.24) is 14.5 Å². The zero-order valence-corrected chi connectivity index (χ0v) is 22.0. The molecule has 1 atom stereocenters. The average Bonchev–Trinajstić information content (AvgIpc) is 3.36. The van der Waals surface area contributed by atoms with Crippen molar-refractivity contribution in [1.29, 1.82) is 0 Å². The van der Waals surface area contributed by atoms with Crippen molar-refractivity contribution in [3.63, 3.8) is 0 Å². The number of aryl methyl sites for hydroxylation is 1. The van der Waals surface area contributed by atoms with Gasteiger partial charge in [-0.15, -0.1) is 0 Å². The molecule has 2 aromatic heterocycles. The first-order valence-corrected chi connectivity index (χ1v) is 14.2. The van der Waals surface area contributed by atoms with E-state index in [0.29, 0.717) is 28.7 Å². The maximum Gasteiger partial charge on any atom is 0.213 e. The van der Waals surface area contributed by atoms with Crippen LogP contribution in [-0.4, -0.2) is 31.1 Å². The van der Waals surface area contributed by atoms with Gasteiger partial charge in [-0.25, -0.2) is 14.4 Å². The highest BCUT2D eigenvalue weighted by Gasteiger charge is 2.16. The Kier molecular flexibility index (Phi) is 7.42. The minimum Gasteiger partial charge on any atom is -0.487 e. The fourth-order valence-electron chi connectivity index (χ4n) is 3.98. The summed E-state index contributed by atoms with van der Waals surface area (Å²) in [5, 5.41) is 4.55. The van der Waals surface area contributed by atoms with Crippen LogP contribution in [0.3, 0.4) is 0 Å². The van der Waals surface area contributed by atoms with Crippen LogP contribution in [0, 0.1) is 5.82 Å². The topological polar surface area (TPSA) is 89.3 Å². The first-order chi connectivity index (χ1) is 18.2. The number of hydrogen-bond acceptors (Lipinski definition) is 5. The molecule has 0 saturated heterocycles. The predicted molar refractivity (Wildman–Crippen MR) is 150 cm³/mol. The Labute approximate surface area is 225 Å². The number of benzene rings is 3. The van der Waals surface area contributed by atoms with Gasteiger partial charge in [0.15, 0.2) is 5.75 Å². The molecule has 0 aliphatic carbocycles. The molecule has 5 aromatic rings. The maximum atomic E-state index is 13.4. The molecular formula is C28H25ClFN4O3S+. The minimum atomic E-state index is -2.79. The number of nitrogens with one attached hydrogen (secondary N) is 1. The van der Waals surface area contributed by atoms with E-state index >= 15 is 0 Å². The smallest absolute Gasteiger partial charge is 0.213 e. The highest BCUT2D eigenvalue weighted by Crippen LogP contribution is 2.32. The Morgan fingerprint density at radius 1 is 1.08 bits per heavy atom. The number of hydrogen-bond donors (Lipinski definition) is 2. The molecule has 0 saturated carbocycles. The zero-order chi connectivity index (χ0) is 26.7. The van der Waals surface area contributed by atoms with Crippen LogP contribution >= 0.6 is 11.6 Å². The van der Waals surface area contributed by atoms with Crippen molar-refractivity contribution in [2.75, 3.05) is 17.3 Å². The van der Waals surface area contributed by atoms with Crippen LogP contribution in [0.1, 0.15) is 5.56 Å². The Balaban J connectivity index is 1.34. The second kappa shape index (κ2) is 10.9. The Morgan fingerprint density at radius 3 is 2.74 bits per heavy atom. The molecule has 0 aliphatic heterocycles. The van der Waals surface area contributed by atoms with Gasteiger partial charge >= 0.3 is 0 Å². The molecule has 2 N–H and O–H groups in total. The van der Waals surface area contributed by atoms with E-state index in [0.717, 1.165) is 27.7 Å². The van der Waals surface area contributed by atoms with Crippen molar-refractivity contribution in [3.05, 3.63) is 102 Å². The first kappa shape index (κ1) is 25.8. The van der Waals surface area contributed by atoms with E-state index in [1.54, 1.807) is 24.3 Å². The standard InChI is InChI=1S/C28H24ClFN4O3S/c1-38(35,36)12-11-34-10-9-21(16-34)20-5-7-26-24(14-20)28(32-18-31-26)33-23-6-8-27(25(29)15-23)37-17-19-3-2-4-22(30)13-19/h2-10,13-16,18H,11-12,17H2,1H3,(H-,31,32,33,35,36)/p+1. The van der Waals surface area contributed by atoms with E-state index in [4.69, 9.17) is 16.3 Å². The molecule has 0 amide bonds. The lowest BCUT2D eigenvalue weighted by Crippen LogP contribution is -2.15. The molecule has 7 nitrogen and oxygen atoms in total. The van der Waals surface area contributed by atoms with Gasteiger partial charge in [-0.2, -0.15) is 4.55 Å². The summed E-state index contributed by atoms with van der Waals surface area (Å²) in [5.41, 5.74) is 4.15. The lowest BCUT2D eigenvalue weighted by molar-refractivity contribution is 0.306. The SMILES string of the molecule is C[S+](=O)(O)CCn1ccc(-c2ccc3ncnc(Nc4ccc(OCc5cccc(F)c5)c(Cl)c4)c3c2)c1. The summed E-state index contributed by atoms with van der Waals surface area (Å²) in [6.07, 6.45) is 6.68. The summed E-state index contributed by atoms with van der Waals surface area (Å²) in [6, 6.07) is 19.4. The van der Waals surface area contributed by atoms with Gasteiger partial charge < -0.3 is 14.6 Å². The van der Waals surface area contributed by atoms with E-state index in [2.05, 4.69) is 15.3 Å². The van der Waals surface area contributed by atoms with E-state index in [-0.39, 0.29) is 18.2 Å². The fraction of sp³-hybridized carbons (Fsp3) is 0.143. The van der Waals surface area contributed by atoms with Crippen molar-refractivity contribution >= 4 is 44.2 Å². The van der Waals surface area contributed by atoms with Gasteiger partial charge in [-0.05, 0) is 65.2 Å². The first-order valence-electron chi connectivity index (χ1n) is 11.8. The largest absolute Gasteiger partial charge is 0.487 e. The zero-order valence-electron chi connectivity index (χ0n) is 20.5. The van der Waals surface area contributed by atoms with Crippen molar-refractivity contribution in [2.24, 2.45) is 0 Å². The third kappa shape index (κ3) is 6.36. The van der Waals surface area contributed by atoms with Crippen LogP contribution in [0.5, 0.6) is 5.75 Å². The van der Waals surface area contributed by atoms with E-state index in [1.807, 2.05) is 47.3 Å². The molecule has 3 aromatic carbocycles. The van der Waals surface area contributed by atoms with Gasteiger partial charge in [0, 0.05) is 23.5 Å². The number of halogens is 2. The van der Waals surface area contributed by atoms with Crippen LogP contribution in [0.25, 0.3) is 22.0 Å². The van der Waals surface area contributed by atoms with Gasteiger partial charge in [-0.3, -0.25) is 0 Å². The summed E-state index contributed by atoms with van der Waals surface area (Å²) in [4.78, 5) is 8.82. The molecule has 1 unspecified atom stereocenters. The molecule has 0 bridgehead atoms. The Morgan fingerprint density at radius 2 is 1.95 bits per heavy atom. The lowest BCUT2D eigenvalue weighted by Gasteiger charge is -2.12. The molecule has 5 rings (SSSR count). The molecule has 38 heavy (non-hydrogen) atoms. The number of anilines is 2. The Hall–Kier alpha value is -3.79. The fourth-order valence-corrected chi connectivity index (χ4v) is 4.77. The van der Waals surface area contributed by atoms with Gasteiger partial charge in [0.1, 0.15) is 36.6 Å². The maximum absolute atomic E-state index is 13.4. The highest BCUT2D eigenvalue weighted by atomic mass is 35.5. The van der Waals surface area contributed by atoms with Crippen LogP contribution < -0.4 is 10.1 Å². The summed E-state index contributed by atoms with van der Waals surface area (Å²) in [7, 11) is -2.79. The quantitative estimate of drug-likeness (QED) is 0.195. The lowest BCUT2D eigenvalue weighted by atomic mass is 10.1. The molecule has 2 heterocycles. The van der Waals surface area contributed by atoms with E-state index < -0.39 is 10.2 Å². The Bertz CT molecular complexity index is 1650. The van der Waals surface area contributed by atoms with Gasteiger partial charge in [0.25, 0.3) is 0 Å². The average molecular weight is 552 g/mol. The van der Waals surface area contributed by atoms with Crippen LogP contribution in [0.15, 0.2) is 85.5 Å². The van der Waals surface area contributed by atoms with Crippen LogP contribution in [0.2, 0.25) is 5.02 Å². The number of rotatable bonds is 9. The predicted octanol–water partition coefficient (Wildman–Crippen LogP) is 6.82. The van der Waals surface area contributed by atoms with Crippen LogP contribution in [-0.2, 0) is 27.6 Å². The van der Waals surface area contributed by atoms with Gasteiger partial charge in [0.05, 0.1) is 17.1 Å². The normalized spacial score (nSPS) is 12.8. The summed E-state index contributed by atoms with van der Waals surface area (Å²) in [6.45, 7) is 0.653. The molecular weight excluding hydrogens is 527 g/mol. The van der Waals surface area contributed by atoms with Crippen LogP contribution in [0.4, 0.5) is 15.9 Å².